The molecule has 1 aromatic carbocycles. The molecule has 134 valence electrons. The molecule has 0 aliphatic rings. The van der Waals surface area contributed by atoms with Gasteiger partial charge in [-0.1, -0.05) is 0 Å². The Kier molecular flexibility index (Phi) is 5.80. The molecular weight excluding hydrogens is 324 g/mol. The number of benzene rings is 1. The molecule has 0 spiro atoms. The van der Waals surface area contributed by atoms with Gasteiger partial charge in [0.05, 0.1) is 12.7 Å². The highest BCUT2D eigenvalue weighted by Gasteiger charge is 2.21. The molecule has 3 amide bonds. The standard InChI is InChI=1S/C18H22N2O5/c1-5-19-18(23)20-17(22)12(4)25-16(21)8-13-9-24-15-7-11(3)10(2)6-14(13)15/h6-7,9,12H,5,8H2,1-4H3,(H2,19,20,22,23). The number of furan rings is 1. The van der Waals surface area contributed by atoms with E-state index in [2.05, 4.69) is 10.6 Å². The smallest absolute Gasteiger partial charge is 0.321 e. The van der Waals surface area contributed by atoms with E-state index in [4.69, 9.17) is 9.15 Å². The molecule has 1 heterocycles. The van der Waals surface area contributed by atoms with Crippen LogP contribution >= 0.6 is 0 Å². The van der Waals surface area contributed by atoms with Gasteiger partial charge in [0.25, 0.3) is 5.91 Å². The van der Waals surface area contributed by atoms with Gasteiger partial charge in [0.1, 0.15) is 5.58 Å². The Morgan fingerprint density at radius 2 is 1.88 bits per heavy atom. The molecule has 1 unspecified atom stereocenters. The van der Waals surface area contributed by atoms with Crippen molar-refractivity contribution in [2.24, 2.45) is 0 Å². The number of carbonyl (C=O) groups is 3. The zero-order valence-electron chi connectivity index (χ0n) is 14.8. The van der Waals surface area contributed by atoms with Crippen LogP contribution in [0.15, 0.2) is 22.8 Å². The van der Waals surface area contributed by atoms with E-state index in [-0.39, 0.29) is 6.42 Å². The number of imide groups is 1. The number of fused-ring (bicyclic) bond motifs is 1. The van der Waals surface area contributed by atoms with Crippen LogP contribution in [0, 0.1) is 13.8 Å². The SMILES string of the molecule is CCNC(=O)NC(=O)C(C)OC(=O)Cc1coc2cc(C)c(C)cc12. The summed E-state index contributed by atoms with van der Waals surface area (Å²) in [6.45, 7) is 7.50. The fraction of sp³-hybridized carbons (Fsp3) is 0.389. The summed E-state index contributed by atoms with van der Waals surface area (Å²) in [5, 5.41) is 5.38. The van der Waals surface area contributed by atoms with Crippen LogP contribution in [0.1, 0.15) is 30.5 Å². The number of carbonyl (C=O) groups excluding carboxylic acids is 3. The molecule has 2 aromatic rings. The van der Waals surface area contributed by atoms with Gasteiger partial charge in [-0.05, 0) is 51.0 Å². The lowest BCUT2D eigenvalue weighted by Gasteiger charge is -2.12. The lowest BCUT2D eigenvalue weighted by atomic mass is 10.0. The first kappa shape index (κ1) is 18.5. The number of nitrogens with one attached hydrogen (secondary N) is 2. The van der Waals surface area contributed by atoms with E-state index in [0.29, 0.717) is 17.7 Å². The van der Waals surface area contributed by atoms with E-state index in [1.54, 1.807) is 6.92 Å². The van der Waals surface area contributed by atoms with Crippen molar-refractivity contribution in [1.82, 2.24) is 10.6 Å². The Balaban J connectivity index is 1.99. The zero-order chi connectivity index (χ0) is 18.6. The number of amides is 3. The largest absolute Gasteiger partial charge is 0.464 e. The van der Waals surface area contributed by atoms with Crippen LogP contribution in [0.4, 0.5) is 4.79 Å². The predicted octanol–water partition coefficient (Wildman–Crippen LogP) is 2.37. The van der Waals surface area contributed by atoms with Gasteiger partial charge in [0.15, 0.2) is 6.10 Å². The van der Waals surface area contributed by atoms with E-state index >= 15 is 0 Å². The molecule has 2 N–H and O–H groups in total. The first-order chi connectivity index (χ1) is 11.8. The monoisotopic (exact) mass is 346 g/mol. The van der Waals surface area contributed by atoms with Gasteiger partial charge in [-0.3, -0.25) is 14.9 Å². The van der Waals surface area contributed by atoms with E-state index < -0.39 is 24.0 Å². The van der Waals surface area contributed by atoms with Crippen LogP contribution in [0.25, 0.3) is 11.0 Å². The van der Waals surface area contributed by atoms with Gasteiger partial charge in [0.2, 0.25) is 0 Å². The fourth-order valence-corrected chi connectivity index (χ4v) is 2.34. The molecule has 25 heavy (non-hydrogen) atoms. The summed E-state index contributed by atoms with van der Waals surface area (Å²) in [5.74, 6) is -1.25. The topological polar surface area (TPSA) is 97.6 Å². The predicted molar refractivity (Wildman–Crippen MR) is 92.2 cm³/mol. The Hall–Kier alpha value is -2.83. The van der Waals surface area contributed by atoms with Gasteiger partial charge in [-0.2, -0.15) is 0 Å². The maximum Gasteiger partial charge on any atom is 0.321 e. The summed E-state index contributed by atoms with van der Waals surface area (Å²) in [6.07, 6.45) is 0.427. The third kappa shape index (κ3) is 4.59. The van der Waals surface area contributed by atoms with Crippen molar-refractivity contribution < 1.29 is 23.5 Å². The van der Waals surface area contributed by atoms with Crippen LogP contribution < -0.4 is 10.6 Å². The lowest BCUT2D eigenvalue weighted by molar-refractivity contribution is -0.153. The molecule has 0 saturated heterocycles. The fourth-order valence-electron chi connectivity index (χ4n) is 2.34. The molecule has 0 fully saturated rings. The molecule has 1 aromatic heterocycles. The van der Waals surface area contributed by atoms with Crippen molar-refractivity contribution in [1.29, 1.82) is 0 Å². The summed E-state index contributed by atoms with van der Waals surface area (Å²) in [5.41, 5.74) is 3.59. The minimum Gasteiger partial charge on any atom is -0.464 e. The van der Waals surface area contributed by atoms with E-state index in [0.717, 1.165) is 16.5 Å². The lowest BCUT2D eigenvalue weighted by Crippen LogP contribution is -2.44. The number of hydrogen-bond acceptors (Lipinski definition) is 5. The van der Waals surface area contributed by atoms with E-state index in [9.17, 15) is 14.4 Å². The van der Waals surface area contributed by atoms with Crippen molar-refractivity contribution >= 4 is 28.9 Å². The van der Waals surface area contributed by atoms with Crippen LogP contribution in [-0.4, -0.2) is 30.6 Å². The number of esters is 1. The second-order valence-corrected chi connectivity index (χ2v) is 5.85. The third-order valence-electron chi connectivity index (χ3n) is 3.86. The second kappa shape index (κ2) is 7.83. The van der Waals surface area contributed by atoms with Crippen LogP contribution in [0.3, 0.4) is 0 Å². The van der Waals surface area contributed by atoms with Crippen molar-refractivity contribution in [3.8, 4) is 0 Å². The van der Waals surface area contributed by atoms with Crippen molar-refractivity contribution in [3.05, 3.63) is 35.1 Å². The molecule has 0 bridgehead atoms. The Bertz CT molecular complexity index is 809. The highest BCUT2D eigenvalue weighted by Crippen LogP contribution is 2.25. The van der Waals surface area contributed by atoms with Gasteiger partial charge < -0.3 is 14.5 Å². The minimum absolute atomic E-state index is 0.0196. The number of aryl methyl sites for hydroxylation is 2. The average Bonchev–Trinajstić information content (AvgIpc) is 2.89. The Labute approximate surface area is 145 Å². The van der Waals surface area contributed by atoms with Crippen LogP contribution in [0.5, 0.6) is 0 Å². The first-order valence-electron chi connectivity index (χ1n) is 8.07. The molecule has 7 nitrogen and oxygen atoms in total. The summed E-state index contributed by atoms with van der Waals surface area (Å²) in [4.78, 5) is 35.2. The van der Waals surface area contributed by atoms with Crippen LogP contribution in [0.2, 0.25) is 0 Å². The normalized spacial score (nSPS) is 11.8. The Morgan fingerprint density at radius 3 is 2.56 bits per heavy atom. The number of hydrogen-bond donors (Lipinski definition) is 2. The molecule has 1 atom stereocenters. The van der Waals surface area contributed by atoms with Crippen LogP contribution in [-0.2, 0) is 20.7 Å². The van der Waals surface area contributed by atoms with Gasteiger partial charge >= 0.3 is 12.0 Å². The van der Waals surface area contributed by atoms with Gasteiger partial charge in [-0.25, -0.2) is 4.79 Å². The second-order valence-electron chi connectivity index (χ2n) is 5.85. The third-order valence-corrected chi connectivity index (χ3v) is 3.86. The summed E-state index contributed by atoms with van der Waals surface area (Å²) >= 11 is 0. The minimum atomic E-state index is -1.07. The molecule has 2 rings (SSSR count). The maximum atomic E-state index is 12.1. The van der Waals surface area contributed by atoms with E-state index in [1.165, 1.54) is 13.2 Å². The molecular formula is C18H22N2O5. The summed E-state index contributed by atoms with van der Waals surface area (Å²) in [6, 6.07) is 3.26. The summed E-state index contributed by atoms with van der Waals surface area (Å²) in [7, 11) is 0. The quantitative estimate of drug-likeness (QED) is 0.810. The van der Waals surface area contributed by atoms with Gasteiger partial charge in [0, 0.05) is 17.5 Å². The molecule has 0 radical (unpaired) electrons. The van der Waals surface area contributed by atoms with Crippen molar-refractivity contribution in [2.45, 2.75) is 40.2 Å². The highest BCUT2D eigenvalue weighted by molar-refractivity contribution is 5.97. The van der Waals surface area contributed by atoms with Gasteiger partial charge in [-0.15, -0.1) is 0 Å². The van der Waals surface area contributed by atoms with Crippen molar-refractivity contribution in [2.75, 3.05) is 6.54 Å². The summed E-state index contributed by atoms with van der Waals surface area (Å²) < 4.78 is 10.6. The van der Waals surface area contributed by atoms with E-state index in [1.807, 2.05) is 26.0 Å². The molecule has 0 aliphatic carbocycles. The molecule has 0 aliphatic heterocycles. The number of urea groups is 1. The Morgan fingerprint density at radius 1 is 1.20 bits per heavy atom. The number of ether oxygens (including phenoxy) is 1. The molecule has 0 saturated carbocycles. The molecule has 7 heteroatoms. The average molecular weight is 346 g/mol. The first-order valence-corrected chi connectivity index (χ1v) is 8.07. The zero-order valence-corrected chi connectivity index (χ0v) is 14.8. The van der Waals surface area contributed by atoms with Crippen molar-refractivity contribution in [3.63, 3.8) is 0 Å². The highest BCUT2D eigenvalue weighted by atomic mass is 16.5. The maximum absolute atomic E-state index is 12.1. The number of rotatable bonds is 5.